The van der Waals surface area contributed by atoms with Gasteiger partial charge in [0.2, 0.25) is 0 Å². The molecule has 1 aromatic rings. The predicted molar refractivity (Wildman–Crippen MR) is 114 cm³/mol. The number of aromatic nitrogens is 1. The number of halogens is 1. The highest BCUT2D eigenvalue weighted by Crippen LogP contribution is 2.10. The summed E-state index contributed by atoms with van der Waals surface area (Å²) in [6, 6.07) is 0. The van der Waals surface area contributed by atoms with Crippen LogP contribution in [0.15, 0.2) is 11.2 Å². The van der Waals surface area contributed by atoms with Crippen LogP contribution in [0.1, 0.15) is 23.2 Å². The molecule has 8 heteroatoms. The molecule has 140 valence electrons. The van der Waals surface area contributed by atoms with Crippen molar-refractivity contribution in [2.45, 2.75) is 32.8 Å². The first-order chi connectivity index (χ1) is 11.0. The zero-order chi connectivity index (χ0) is 17.1. The van der Waals surface area contributed by atoms with Crippen molar-refractivity contribution in [2.24, 2.45) is 4.99 Å². The molecule has 0 saturated heterocycles. The summed E-state index contributed by atoms with van der Waals surface area (Å²) >= 11 is 1.75. The normalized spacial score (nSPS) is 12.8. The van der Waals surface area contributed by atoms with Gasteiger partial charge < -0.3 is 20.3 Å². The summed E-state index contributed by atoms with van der Waals surface area (Å²) in [4.78, 5) is 12.1. The van der Waals surface area contributed by atoms with Gasteiger partial charge in [0.1, 0.15) is 0 Å². The van der Waals surface area contributed by atoms with Crippen LogP contribution in [0.25, 0.3) is 0 Å². The third-order valence-electron chi connectivity index (χ3n) is 3.32. The van der Waals surface area contributed by atoms with Crippen molar-refractivity contribution in [2.75, 3.05) is 47.4 Å². The molecule has 0 saturated carbocycles. The molecule has 1 heterocycles. The van der Waals surface area contributed by atoms with Gasteiger partial charge in [0.05, 0.1) is 11.1 Å². The van der Waals surface area contributed by atoms with E-state index in [9.17, 15) is 0 Å². The van der Waals surface area contributed by atoms with Crippen molar-refractivity contribution in [3.05, 3.63) is 16.1 Å². The molecule has 1 atom stereocenters. The Balaban J connectivity index is 0.00000529. The van der Waals surface area contributed by atoms with Crippen molar-refractivity contribution >= 4 is 41.3 Å². The summed E-state index contributed by atoms with van der Waals surface area (Å²) in [6.45, 7) is 7.45. The zero-order valence-corrected chi connectivity index (χ0v) is 18.6. The number of hydrogen-bond donors (Lipinski definition) is 2. The van der Waals surface area contributed by atoms with Crippen LogP contribution in [0.4, 0.5) is 0 Å². The van der Waals surface area contributed by atoms with Gasteiger partial charge in [-0.3, -0.25) is 4.99 Å². The standard InChI is InChI=1S/C16H31N5OS.HI/c1-6-22-14(8-10-21(4)5)12-20-16(17-3)18-9-7-15-19-11-13(2)23-15;/h11,14H,6-10,12H2,1-5H3,(H2,17,18,20);1H. The van der Waals surface area contributed by atoms with Crippen LogP contribution < -0.4 is 10.6 Å². The topological polar surface area (TPSA) is 61.8 Å². The van der Waals surface area contributed by atoms with Crippen LogP contribution in [0.3, 0.4) is 0 Å². The third-order valence-corrected chi connectivity index (χ3v) is 4.29. The van der Waals surface area contributed by atoms with Gasteiger partial charge in [-0.1, -0.05) is 0 Å². The van der Waals surface area contributed by atoms with Crippen molar-refractivity contribution in [1.82, 2.24) is 20.5 Å². The fourth-order valence-corrected chi connectivity index (χ4v) is 2.90. The molecule has 24 heavy (non-hydrogen) atoms. The lowest BCUT2D eigenvalue weighted by molar-refractivity contribution is 0.0548. The Morgan fingerprint density at radius 3 is 2.71 bits per heavy atom. The highest BCUT2D eigenvalue weighted by Gasteiger charge is 2.10. The fraction of sp³-hybridized carbons (Fsp3) is 0.750. The Bertz CT molecular complexity index is 467. The molecule has 1 unspecified atom stereocenters. The molecule has 2 N–H and O–H groups in total. The maximum Gasteiger partial charge on any atom is 0.191 e. The molecule has 0 bridgehead atoms. The second kappa shape index (κ2) is 13.8. The Morgan fingerprint density at radius 1 is 1.42 bits per heavy atom. The Labute approximate surface area is 167 Å². The first-order valence-corrected chi connectivity index (χ1v) is 8.99. The third kappa shape index (κ3) is 10.4. The second-order valence-corrected chi connectivity index (χ2v) is 6.98. The number of hydrogen-bond acceptors (Lipinski definition) is 5. The zero-order valence-electron chi connectivity index (χ0n) is 15.5. The molecular weight excluding hydrogens is 437 g/mol. The number of ether oxygens (including phenoxy) is 1. The van der Waals surface area contributed by atoms with Gasteiger partial charge in [0.15, 0.2) is 5.96 Å². The Kier molecular flexibility index (Phi) is 13.5. The predicted octanol–water partition coefficient (Wildman–Crippen LogP) is 2.13. The molecule has 0 fully saturated rings. The molecule has 0 amide bonds. The summed E-state index contributed by atoms with van der Waals surface area (Å²) in [5, 5.41) is 7.83. The lowest BCUT2D eigenvalue weighted by Crippen LogP contribution is -2.43. The number of nitrogens with one attached hydrogen (secondary N) is 2. The van der Waals surface area contributed by atoms with Gasteiger partial charge in [0, 0.05) is 50.8 Å². The van der Waals surface area contributed by atoms with E-state index in [1.807, 2.05) is 13.1 Å². The molecule has 0 spiro atoms. The van der Waals surface area contributed by atoms with E-state index in [1.54, 1.807) is 18.4 Å². The Morgan fingerprint density at radius 2 is 2.17 bits per heavy atom. The number of aliphatic imine (C=N–C) groups is 1. The molecule has 0 aliphatic carbocycles. The van der Waals surface area contributed by atoms with Gasteiger partial charge in [-0.15, -0.1) is 35.3 Å². The number of nitrogens with zero attached hydrogens (tertiary/aromatic N) is 3. The van der Waals surface area contributed by atoms with Crippen molar-refractivity contribution < 1.29 is 4.74 Å². The molecular formula is C16H32IN5OS. The highest BCUT2D eigenvalue weighted by molar-refractivity contribution is 14.0. The largest absolute Gasteiger partial charge is 0.377 e. The average Bonchev–Trinajstić information content (AvgIpc) is 2.93. The van der Waals surface area contributed by atoms with Crippen LogP contribution in [-0.4, -0.2) is 69.3 Å². The first kappa shape index (κ1) is 23.5. The lowest BCUT2D eigenvalue weighted by Gasteiger charge is -2.21. The van der Waals surface area contributed by atoms with Crippen LogP contribution in [0.5, 0.6) is 0 Å². The van der Waals surface area contributed by atoms with E-state index in [2.05, 4.69) is 46.5 Å². The summed E-state index contributed by atoms with van der Waals surface area (Å²) < 4.78 is 5.78. The number of thiazole rings is 1. The van der Waals surface area contributed by atoms with Crippen LogP contribution >= 0.6 is 35.3 Å². The van der Waals surface area contributed by atoms with Crippen LogP contribution in [-0.2, 0) is 11.2 Å². The summed E-state index contributed by atoms with van der Waals surface area (Å²) in [6.07, 6.45) is 4.03. The van der Waals surface area contributed by atoms with Crippen LogP contribution in [0, 0.1) is 6.92 Å². The van der Waals surface area contributed by atoms with E-state index in [0.717, 1.165) is 50.0 Å². The maximum absolute atomic E-state index is 5.78. The maximum atomic E-state index is 5.78. The molecule has 0 radical (unpaired) electrons. The molecule has 0 aliphatic rings. The molecule has 1 aromatic heterocycles. The minimum atomic E-state index is 0. The monoisotopic (exact) mass is 469 g/mol. The van der Waals surface area contributed by atoms with E-state index in [-0.39, 0.29) is 30.1 Å². The van der Waals surface area contributed by atoms with E-state index in [4.69, 9.17) is 4.74 Å². The Hall–Kier alpha value is -0.450. The molecule has 1 rings (SSSR count). The lowest BCUT2D eigenvalue weighted by atomic mass is 10.2. The fourth-order valence-electron chi connectivity index (χ4n) is 2.12. The van der Waals surface area contributed by atoms with Gasteiger partial charge in [-0.05, 0) is 34.4 Å². The SMILES string of the molecule is CCOC(CCN(C)C)CNC(=NC)NCCc1ncc(C)s1.I. The van der Waals surface area contributed by atoms with Gasteiger partial charge in [-0.25, -0.2) is 4.98 Å². The summed E-state index contributed by atoms with van der Waals surface area (Å²) in [5.74, 6) is 0.813. The van der Waals surface area contributed by atoms with Crippen LogP contribution in [0.2, 0.25) is 0 Å². The summed E-state index contributed by atoms with van der Waals surface area (Å²) in [7, 11) is 5.95. The summed E-state index contributed by atoms with van der Waals surface area (Å²) in [5.41, 5.74) is 0. The highest BCUT2D eigenvalue weighted by atomic mass is 127. The van der Waals surface area contributed by atoms with E-state index in [1.165, 1.54) is 4.88 Å². The minimum absolute atomic E-state index is 0. The number of aryl methyl sites for hydroxylation is 1. The van der Waals surface area contributed by atoms with E-state index in [0.29, 0.717) is 0 Å². The second-order valence-electron chi connectivity index (χ2n) is 5.66. The molecule has 0 aromatic carbocycles. The van der Waals surface area contributed by atoms with Crippen molar-refractivity contribution in [3.8, 4) is 0 Å². The molecule has 0 aliphatic heterocycles. The molecule has 6 nitrogen and oxygen atoms in total. The van der Waals surface area contributed by atoms with E-state index < -0.39 is 0 Å². The van der Waals surface area contributed by atoms with Gasteiger partial charge >= 0.3 is 0 Å². The number of guanidine groups is 1. The van der Waals surface area contributed by atoms with E-state index >= 15 is 0 Å². The number of rotatable bonds is 10. The average molecular weight is 469 g/mol. The van der Waals surface area contributed by atoms with Crippen molar-refractivity contribution in [1.29, 1.82) is 0 Å². The van der Waals surface area contributed by atoms with Gasteiger partial charge in [-0.2, -0.15) is 0 Å². The van der Waals surface area contributed by atoms with Gasteiger partial charge in [0.25, 0.3) is 0 Å². The smallest absolute Gasteiger partial charge is 0.191 e. The van der Waals surface area contributed by atoms with Crippen molar-refractivity contribution in [3.63, 3.8) is 0 Å². The quantitative estimate of drug-likeness (QED) is 0.313. The first-order valence-electron chi connectivity index (χ1n) is 8.17. The minimum Gasteiger partial charge on any atom is -0.377 e.